The average molecular weight is 481 g/mol. The molecule has 1 unspecified atom stereocenters. The molecule has 4 aromatic rings. The molecule has 0 amide bonds. The Morgan fingerprint density at radius 2 is 1.86 bits per heavy atom. The van der Waals surface area contributed by atoms with Gasteiger partial charge in [-0.05, 0) is 37.6 Å². The third-order valence-corrected chi connectivity index (χ3v) is 6.16. The van der Waals surface area contributed by atoms with Gasteiger partial charge < -0.3 is 14.6 Å². The first-order valence-corrected chi connectivity index (χ1v) is 11.3. The topological polar surface area (TPSA) is 107 Å². The molecular weight excluding hydrogens is 448 g/mol. The molecule has 1 aliphatic rings. The van der Waals surface area contributed by atoms with Crippen LogP contribution in [0.25, 0.3) is 16.7 Å². The van der Waals surface area contributed by atoms with E-state index in [1.54, 1.807) is 17.9 Å². The minimum absolute atomic E-state index is 0. The Morgan fingerprint density at radius 3 is 2.54 bits per heavy atom. The molecule has 10 nitrogen and oxygen atoms in total. The molecule has 3 aromatic heterocycles. The molecule has 3 atom stereocenters. The van der Waals surface area contributed by atoms with Crippen molar-refractivity contribution >= 4 is 16.7 Å². The summed E-state index contributed by atoms with van der Waals surface area (Å²) < 4.78 is 13.9. The Balaban J connectivity index is 0.00000289. The van der Waals surface area contributed by atoms with Crippen molar-refractivity contribution in [3.05, 3.63) is 64.5 Å². The quantitative estimate of drug-likeness (QED) is 0.448. The van der Waals surface area contributed by atoms with Crippen LogP contribution in [-0.2, 0) is 11.3 Å². The summed E-state index contributed by atoms with van der Waals surface area (Å²) in [5, 5.41) is 15.8. The van der Waals surface area contributed by atoms with Crippen LogP contribution in [0.4, 0.5) is 0 Å². The molecule has 10 heteroatoms. The number of aliphatic hydroxyl groups is 1. The molecule has 1 N–H and O–H groups in total. The number of nitrogens with zero attached hydrogens (tertiary/aromatic N) is 6. The van der Waals surface area contributed by atoms with E-state index in [1.807, 2.05) is 44.2 Å². The smallest absolute Gasteiger partial charge is 0.352 e. The first kappa shape index (κ1) is 24.8. The Kier molecular flexibility index (Phi) is 7.15. The van der Waals surface area contributed by atoms with Crippen molar-refractivity contribution < 1.29 is 14.6 Å². The highest BCUT2D eigenvalue weighted by Crippen LogP contribution is 2.23. The SMILES string of the molecule is C.COc1ccc(Cn2c(=O)n3ncnc3c3cc(C(O)CN4C[C@@H](C)O[C@@H](C)C4)cnc32)cc1. The Labute approximate surface area is 203 Å². The second-order valence-electron chi connectivity index (χ2n) is 8.84. The van der Waals surface area contributed by atoms with E-state index in [2.05, 4.69) is 20.0 Å². The van der Waals surface area contributed by atoms with E-state index < -0.39 is 6.10 Å². The first-order chi connectivity index (χ1) is 16.4. The maximum absolute atomic E-state index is 13.2. The van der Waals surface area contributed by atoms with Gasteiger partial charge in [0.05, 0.1) is 37.4 Å². The highest BCUT2D eigenvalue weighted by molar-refractivity contribution is 5.89. The predicted octanol–water partition coefficient (Wildman–Crippen LogP) is 2.27. The van der Waals surface area contributed by atoms with Crippen LogP contribution in [0, 0.1) is 0 Å². The molecule has 0 radical (unpaired) electrons. The zero-order valence-electron chi connectivity index (χ0n) is 19.5. The average Bonchev–Trinajstić information content (AvgIpc) is 3.32. The molecule has 35 heavy (non-hydrogen) atoms. The number of morpholine rings is 1. The Bertz CT molecular complexity index is 1360. The molecule has 5 rings (SSSR count). The van der Waals surface area contributed by atoms with Gasteiger partial charge in [0, 0.05) is 31.4 Å². The van der Waals surface area contributed by atoms with Gasteiger partial charge in [0.25, 0.3) is 0 Å². The largest absolute Gasteiger partial charge is 0.497 e. The summed E-state index contributed by atoms with van der Waals surface area (Å²) in [6.07, 6.45) is 2.49. The van der Waals surface area contributed by atoms with Gasteiger partial charge in [-0.15, -0.1) is 0 Å². The summed E-state index contributed by atoms with van der Waals surface area (Å²) in [5.41, 5.74) is 2.17. The van der Waals surface area contributed by atoms with Crippen LogP contribution in [0.3, 0.4) is 0 Å². The van der Waals surface area contributed by atoms with Gasteiger partial charge in [-0.25, -0.2) is 14.8 Å². The first-order valence-electron chi connectivity index (χ1n) is 11.3. The second kappa shape index (κ2) is 10.1. The van der Waals surface area contributed by atoms with E-state index in [9.17, 15) is 9.90 Å². The van der Waals surface area contributed by atoms with Crippen molar-refractivity contribution in [2.45, 2.75) is 46.1 Å². The lowest BCUT2D eigenvalue weighted by Crippen LogP contribution is -2.46. The number of rotatable bonds is 6. The van der Waals surface area contributed by atoms with Crippen molar-refractivity contribution in [2.75, 3.05) is 26.7 Å². The fraction of sp³-hybridized carbons (Fsp3) is 0.440. The van der Waals surface area contributed by atoms with Gasteiger partial charge in [-0.2, -0.15) is 9.61 Å². The number of benzene rings is 1. The van der Waals surface area contributed by atoms with Gasteiger partial charge in [0.2, 0.25) is 0 Å². The van der Waals surface area contributed by atoms with E-state index in [4.69, 9.17) is 9.47 Å². The van der Waals surface area contributed by atoms with E-state index in [0.29, 0.717) is 35.3 Å². The monoisotopic (exact) mass is 480 g/mol. The van der Waals surface area contributed by atoms with E-state index in [0.717, 1.165) is 24.4 Å². The lowest BCUT2D eigenvalue weighted by atomic mass is 10.1. The minimum atomic E-state index is -0.737. The number of hydrogen-bond donors (Lipinski definition) is 1. The van der Waals surface area contributed by atoms with Crippen LogP contribution in [0.15, 0.2) is 47.7 Å². The Hall–Kier alpha value is -3.34. The second-order valence-corrected chi connectivity index (χ2v) is 8.84. The number of aliphatic hydroxyl groups excluding tert-OH is 1. The Morgan fingerprint density at radius 1 is 1.14 bits per heavy atom. The molecule has 1 fully saturated rings. The van der Waals surface area contributed by atoms with Gasteiger partial charge in [-0.1, -0.05) is 19.6 Å². The van der Waals surface area contributed by atoms with Crippen molar-refractivity contribution in [3.8, 4) is 5.75 Å². The lowest BCUT2D eigenvalue weighted by molar-refractivity contribution is -0.0767. The summed E-state index contributed by atoms with van der Waals surface area (Å²) in [7, 11) is 1.61. The normalized spacial score (nSPS) is 19.5. The van der Waals surface area contributed by atoms with Gasteiger partial charge >= 0.3 is 5.69 Å². The van der Waals surface area contributed by atoms with Crippen LogP contribution in [0.5, 0.6) is 5.75 Å². The highest BCUT2D eigenvalue weighted by Gasteiger charge is 2.25. The van der Waals surface area contributed by atoms with Crippen molar-refractivity contribution in [3.63, 3.8) is 0 Å². The van der Waals surface area contributed by atoms with Crippen LogP contribution in [0.2, 0.25) is 0 Å². The molecule has 1 aliphatic heterocycles. The summed E-state index contributed by atoms with van der Waals surface area (Å²) in [6, 6.07) is 9.38. The number of fused-ring (bicyclic) bond motifs is 3. The summed E-state index contributed by atoms with van der Waals surface area (Å²) in [5.74, 6) is 0.744. The molecule has 1 saturated heterocycles. The van der Waals surface area contributed by atoms with E-state index >= 15 is 0 Å². The lowest BCUT2D eigenvalue weighted by Gasteiger charge is -2.36. The molecule has 4 heterocycles. The number of hydrogen-bond acceptors (Lipinski definition) is 8. The third-order valence-electron chi connectivity index (χ3n) is 6.16. The molecule has 186 valence electrons. The zero-order valence-corrected chi connectivity index (χ0v) is 19.5. The van der Waals surface area contributed by atoms with Gasteiger partial charge in [-0.3, -0.25) is 9.47 Å². The van der Waals surface area contributed by atoms with Crippen molar-refractivity contribution in [2.24, 2.45) is 0 Å². The number of ether oxygens (including phenoxy) is 2. The van der Waals surface area contributed by atoms with Gasteiger partial charge in [0.15, 0.2) is 5.65 Å². The number of methoxy groups -OCH3 is 1. The number of β-amino-alcohol motifs (C(OH)–C–C–N with tert-alkyl or cyclic N) is 1. The standard InChI is InChI=1S/C24H28N6O4.CH4/c1-15-10-28(11-16(2)34-15)13-21(31)18-8-20-22(25-9-18)29(24(32)30-23(20)26-14-27-30)12-17-4-6-19(33-3)7-5-17;/h4-9,14-16,21,31H,10-13H2,1-3H3;1H4/t15-,16+,21?;. The van der Waals surface area contributed by atoms with E-state index in [-0.39, 0.29) is 25.3 Å². The summed E-state index contributed by atoms with van der Waals surface area (Å²) in [4.78, 5) is 24.3. The maximum Gasteiger partial charge on any atom is 0.352 e. The summed E-state index contributed by atoms with van der Waals surface area (Å²) >= 11 is 0. The third kappa shape index (κ3) is 4.90. The van der Waals surface area contributed by atoms with Crippen molar-refractivity contribution in [1.29, 1.82) is 0 Å². The van der Waals surface area contributed by atoms with Crippen LogP contribution >= 0.6 is 0 Å². The molecule has 0 aliphatic carbocycles. The van der Waals surface area contributed by atoms with Crippen LogP contribution < -0.4 is 10.4 Å². The van der Waals surface area contributed by atoms with Crippen LogP contribution in [-0.4, -0.2) is 73.1 Å². The number of pyridine rings is 1. The maximum atomic E-state index is 13.2. The van der Waals surface area contributed by atoms with Crippen molar-refractivity contribution in [1.82, 2.24) is 29.0 Å². The van der Waals surface area contributed by atoms with E-state index in [1.165, 1.54) is 10.8 Å². The summed E-state index contributed by atoms with van der Waals surface area (Å²) in [6.45, 7) is 6.39. The fourth-order valence-corrected chi connectivity index (χ4v) is 4.65. The molecular formula is C25H32N6O4. The number of aromatic nitrogens is 5. The molecule has 0 spiro atoms. The minimum Gasteiger partial charge on any atom is -0.497 e. The van der Waals surface area contributed by atoms with Gasteiger partial charge in [0.1, 0.15) is 17.7 Å². The predicted molar refractivity (Wildman–Crippen MR) is 133 cm³/mol. The fourth-order valence-electron chi connectivity index (χ4n) is 4.65. The molecule has 1 aromatic carbocycles. The zero-order chi connectivity index (χ0) is 23.8. The molecule has 0 bridgehead atoms. The highest BCUT2D eigenvalue weighted by atomic mass is 16.5. The van der Waals surface area contributed by atoms with Crippen LogP contribution in [0.1, 0.15) is 38.5 Å². The molecule has 0 saturated carbocycles.